The molecule has 19 heavy (non-hydrogen) atoms. The van der Waals surface area contributed by atoms with Gasteiger partial charge in [0.2, 0.25) is 0 Å². The molecule has 4 nitrogen and oxygen atoms in total. The Morgan fingerprint density at radius 1 is 1.32 bits per heavy atom. The summed E-state index contributed by atoms with van der Waals surface area (Å²) in [4.78, 5) is 24.1. The van der Waals surface area contributed by atoms with E-state index >= 15 is 0 Å². The molecular formula is C12H10BrF2NO3. The molecule has 102 valence electrons. The Morgan fingerprint density at radius 2 is 1.89 bits per heavy atom. The van der Waals surface area contributed by atoms with Crippen molar-refractivity contribution in [3.05, 3.63) is 33.8 Å². The average Bonchev–Trinajstić information content (AvgIpc) is 2.75. The Labute approximate surface area is 116 Å². The summed E-state index contributed by atoms with van der Waals surface area (Å²) in [5, 5.41) is 8.97. The highest BCUT2D eigenvalue weighted by atomic mass is 79.9. The van der Waals surface area contributed by atoms with E-state index in [4.69, 9.17) is 5.11 Å². The van der Waals surface area contributed by atoms with Crippen LogP contribution in [-0.2, 0) is 4.79 Å². The van der Waals surface area contributed by atoms with Crippen LogP contribution in [0.1, 0.15) is 23.2 Å². The number of aliphatic carboxylic acids is 1. The molecule has 0 unspecified atom stereocenters. The lowest BCUT2D eigenvalue weighted by molar-refractivity contribution is -0.141. The number of hydrogen-bond acceptors (Lipinski definition) is 2. The molecule has 0 aromatic heterocycles. The maximum atomic E-state index is 13.7. The topological polar surface area (TPSA) is 57.6 Å². The number of hydrogen-bond donors (Lipinski definition) is 1. The number of carbonyl (C=O) groups excluding carboxylic acids is 1. The molecule has 0 bridgehead atoms. The third-order valence-corrected chi connectivity index (χ3v) is 3.48. The maximum absolute atomic E-state index is 13.7. The number of carboxylic acids is 1. The first-order chi connectivity index (χ1) is 8.91. The smallest absolute Gasteiger partial charge is 0.326 e. The van der Waals surface area contributed by atoms with Crippen LogP contribution in [0.3, 0.4) is 0 Å². The van der Waals surface area contributed by atoms with Crippen LogP contribution in [0.4, 0.5) is 8.78 Å². The van der Waals surface area contributed by atoms with Crippen LogP contribution in [-0.4, -0.2) is 34.5 Å². The number of nitrogens with zero attached hydrogens (tertiary/aromatic N) is 1. The van der Waals surface area contributed by atoms with Gasteiger partial charge in [-0.25, -0.2) is 13.6 Å². The van der Waals surface area contributed by atoms with Crippen LogP contribution in [0.15, 0.2) is 16.6 Å². The number of rotatable bonds is 2. The molecule has 1 heterocycles. The van der Waals surface area contributed by atoms with Gasteiger partial charge in [0.1, 0.15) is 23.2 Å². The van der Waals surface area contributed by atoms with Gasteiger partial charge in [-0.2, -0.15) is 0 Å². The molecule has 2 rings (SSSR count). The fourth-order valence-corrected chi connectivity index (χ4v) is 2.56. The van der Waals surface area contributed by atoms with Crippen LogP contribution in [0.5, 0.6) is 0 Å². The van der Waals surface area contributed by atoms with Crippen molar-refractivity contribution in [1.82, 2.24) is 4.90 Å². The van der Waals surface area contributed by atoms with Crippen molar-refractivity contribution in [2.24, 2.45) is 0 Å². The number of benzene rings is 1. The van der Waals surface area contributed by atoms with Crippen LogP contribution in [0.2, 0.25) is 0 Å². The van der Waals surface area contributed by atoms with Crippen LogP contribution < -0.4 is 0 Å². The minimum absolute atomic E-state index is 0.176. The van der Waals surface area contributed by atoms with E-state index in [0.29, 0.717) is 12.8 Å². The summed E-state index contributed by atoms with van der Waals surface area (Å²) < 4.78 is 27.5. The van der Waals surface area contributed by atoms with Crippen molar-refractivity contribution in [2.45, 2.75) is 18.9 Å². The number of carbonyl (C=O) groups is 2. The summed E-state index contributed by atoms with van der Waals surface area (Å²) in [5.41, 5.74) is -0.712. The van der Waals surface area contributed by atoms with E-state index in [-0.39, 0.29) is 11.0 Å². The number of halogens is 3. The number of likely N-dealkylation sites (tertiary alicyclic amines) is 1. The van der Waals surface area contributed by atoms with E-state index < -0.39 is 35.1 Å². The molecule has 1 saturated heterocycles. The molecule has 1 atom stereocenters. The van der Waals surface area contributed by atoms with Gasteiger partial charge in [-0.3, -0.25) is 4.79 Å². The predicted octanol–water partition coefficient (Wildman–Crippen LogP) is 2.42. The van der Waals surface area contributed by atoms with Crippen molar-refractivity contribution in [3.8, 4) is 0 Å². The van der Waals surface area contributed by atoms with Gasteiger partial charge in [0.15, 0.2) is 0 Å². The molecule has 1 aromatic carbocycles. The van der Waals surface area contributed by atoms with Crippen molar-refractivity contribution < 1.29 is 23.5 Å². The zero-order valence-corrected chi connectivity index (χ0v) is 11.3. The van der Waals surface area contributed by atoms with Gasteiger partial charge in [0, 0.05) is 11.0 Å². The summed E-state index contributed by atoms with van der Waals surface area (Å²) >= 11 is 2.92. The second-order valence-corrected chi connectivity index (χ2v) is 5.15. The Hall–Kier alpha value is -1.50. The van der Waals surface area contributed by atoms with E-state index in [9.17, 15) is 18.4 Å². The van der Waals surface area contributed by atoms with E-state index in [1.54, 1.807) is 0 Å². The fourth-order valence-electron chi connectivity index (χ4n) is 2.16. The van der Waals surface area contributed by atoms with Gasteiger partial charge in [-0.15, -0.1) is 0 Å². The Balaban J connectivity index is 2.37. The third-order valence-electron chi connectivity index (χ3n) is 3.02. The van der Waals surface area contributed by atoms with E-state index in [2.05, 4.69) is 15.9 Å². The Bertz CT molecular complexity index is 527. The third kappa shape index (κ3) is 2.60. The van der Waals surface area contributed by atoms with Crippen LogP contribution in [0, 0.1) is 11.6 Å². The van der Waals surface area contributed by atoms with Gasteiger partial charge in [0.05, 0.1) is 0 Å². The van der Waals surface area contributed by atoms with Crippen molar-refractivity contribution >= 4 is 27.8 Å². The Kier molecular flexibility index (Phi) is 3.84. The van der Waals surface area contributed by atoms with Crippen LogP contribution >= 0.6 is 15.9 Å². The zero-order valence-electron chi connectivity index (χ0n) is 9.70. The largest absolute Gasteiger partial charge is 0.480 e. The molecule has 0 spiro atoms. The molecule has 1 aliphatic rings. The minimum Gasteiger partial charge on any atom is -0.480 e. The van der Waals surface area contributed by atoms with Gasteiger partial charge in [-0.1, -0.05) is 15.9 Å². The Morgan fingerprint density at radius 3 is 2.42 bits per heavy atom. The predicted molar refractivity (Wildman–Crippen MR) is 65.8 cm³/mol. The highest BCUT2D eigenvalue weighted by Gasteiger charge is 2.36. The summed E-state index contributed by atoms with van der Waals surface area (Å²) in [6, 6.07) is 0.930. The van der Waals surface area contributed by atoms with Crippen LogP contribution in [0.25, 0.3) is 0 Å². The molecule has 0 aliphatic carbocycles. The molecule has 1 N–H and O–H groups in total. The number of carboxylic acid groups (broad SMARTS) is 1. The first-order valence-electron chi connectivity index (χ1n) is 5.60. The van der Waals surface area contributed by atoms with E-state index in [0.717, 1.165) is 17.0 Å². The molecule has 1 fully saturated rings. The van der Waals surface area contributed by atoms with E-state index in [1.807, 2.05) is 0 Å². The summed E-state index contributed by atoms with van der Waals surface area (Å²) in [6.45, 7) is 0.185. The quantitative estimate of drug-likeness (QED) is 0.904. The van der Waals surface area contributed by atoms with Gasteiger partial charge < -0.3 is 10.0 Å². The second kappa shape index (κ2) is 5.24. The maximum Gasteiger partial charge on any atom is 0.326 e. The lowest BCUT2D eigenvalue weighted by atomic mass is 10.1. The van der Waals surface area contributed by atoms with Crippen molar-refractivity contribution in [2.75, 3.05) is 6.54 Å². The highest BCUT2D eigenvalue weighted by molar-refractivity contribution is 9.10. The van der Waals surface area contributed by atoms with Crippen molar-refractivity contribution in [1.29, 1.82) is 0 Å². The van der Waals surface area contributed by atoms with E-state index in [1.165, 1.54) is 0 Å². The van der Waals surface area contributed by atoms with Crippen molar-refractivity contribution in [3.63, 3.8) is 0 Å². The first kappa shape index (κ1) is 13.9. The van der Waals surface area contributed by atoms with Gasteiger partial charge in [0.25, 0.3) is 5.91 Å². The standard InChI is InChI=1S/C12H10BrF2NO3/c13-6-4-7(14)10(8(15)5-6)11(17)16-3-1-2-9(16)12(18)19/h4-5,9H,1-3H2,(H,18,19)/t9-/m1/s1. The summed E-state index contributed by atoms with van der Waals surface area (Å²) in [5.74, 6) is -4.10. The monoisotopic (exact) mass is 333 g/mol. The molecule has 1 aromatic rings. The SMILES string of the molecule is O=C(O)[C@H]1CCCN1C(=O)c1c(F)cc(Br)cc1F. The fraction of sp³-hybridized carbons (Fsp3) is 0.333. The molecule has 0 radical (unpaired) electrons. The molecule has 7 heteroatoms. The summed E-state index contributed by atoms with van der Waals surface area (Å²) in [6.07, 6.45) is 0.795. The van der Waals surface area contributed by atoms with Gasteiger partial charge >= 0.3 is 5.97 Å². The highest BCUT2D eigenvalue weighted by Crippen LogP contribution is 2.25. The second-order valence-electron chi connectivity index (χ2n) is 4.24. The average molecular weight is 334 g/mol. The normalized spacial score (nSPS) is 18.7. The molecule has 1 amide bonds. The zero-order chi connectivity index (χ0) is 14.2. The molecule has 1 aliphatic heterocycles. The molecular weight excluding hydrogens is 324 g/mol. The van der Waals surface area contributed by atoms with Gasteiger partial charge in [-0.05, 0) is 25.0 Å². The first-order valence-corrected chi connectivity index (χ1v) is 6.39. The summed E-state index contributed by atoms with van der Waals surface area (Å²) in [7, 11) is 0. The molecule has 0 saturated carbocycles. The number of amides is 1. The minimum atomic E-state index is -1.16. The lowest BCUT2D eigenvalue weighted by Crippen LogP contribution is -2.41. The lowest BCUT2D eigenvalue weighted by Gasteiger charge is -2.21.